The lowest BCUT2D eigenvalue weighted by Gasteiger charge is -2.39. The van der Waals surface area contributed by atoms with Crippen molar-refractivity contribution in [3.05, 3.63) is 41.6 Å². The van der Waals surface area contributed by atoms with Crippen molar-refractivity contribution in [1.29, 1.82) is 0 Å². The minimum Gasteiger partial charge on any atom is -0.369 e. The highest BCUT2D eigenvalue weighted by atomic mass is 16.1. The van der Waals surface area contributed by atoms with E-state index in [4.69, 9.17) is 5.73 Å². The first-order chi connectivity index (χ1) is 10.1. The van der Waals surface area contributed by atoms with Crippen LogP contribution >= 0.6 is 0 Å². The minimum absolute atomic E-state index is 0.193. The van der Waals surface area contributed by atoms with Gasteiger partial charge in [0.1, 0.15) is 0 Å². The second-order valence-electron chi connectivity index (χ2n) is 6.26. The van der Waals surface area contributed by atoms with Gasteiger partial charge in [0.2, 0.25) is 5.91 Å². The number of benzene rings is 1. The van der Waals surface area contributed by atoms with Gasteiger partial charge in [-0.2, -0.15) is 0 Å². The van der Waals surface area contributed by atoms with E-state index in [0.717, 1.165) is 6.42 Å². The number of likely N-dealkylation sites (N-methyl/N-ethyl adjacent to an activating group) is 1. The molecular weight excluding hydrogens is 262 g/mol. The van der Waals surface area contributed by atoms with Crippen LogP contribution < -0.4 is 5.73 Å². The highest BCUT2D eigenvalue weighted by molar-refractivity contribution is 5.99. The standard InChI is InChI=1S/C17H19N3O/c1-19-8-10-7-15-13(6-11(17(18)21)9-20(15)2)12-4-3-5-14(19)16(10)12/h3-6,8,11,15H,7,9H2,1-2H3,(H2,18,21)/t11-,15-/m1/s1. The number of nitrogens with zero attached hydrogens (tertiary/aromatic N) is 2. The topological polar surface area (TPSA) is 51.3 Å². The number of aromatic nitrogens is 1. The third-order valence-corrected chi connectivity index (χ3v) is 4.94. The molecule has 0 unspecified atom stereocenters. The quantitative estimate of drug-likeness (QED) is 0.862. The van der Waals surface area contributed by atoms with Crippen LogP contribution in [0.2, 0.25) is 0 Å². The van der Waals surface area contributed by atoms with Crippen LogP contribution in [0.1, 0.15) is 11.1 Å². The highest BCUT2D eigenvalue weighted by Gasteiger charge is 2.35. The van der Waals surface area contributed by atoms with Crippen molar-refractivity contribution in [3.8, 4) is 0 Å². The van der Waals surface area contributed by atoms with Crippen LogP contribution in [0.4, 0.5) is 0 Å². The third-order valence-electron chi connectivity index (χ3n) is 4.94. The number of nitrogens with two attached hydrogens (primary N) is 1. The lowest BCUT2D eigenvalue weighted by molar-refractivity contribution is -0.121. The maximum atomic E-state index is 11.6. The van der Waals surface area contributed by atoms with Crippen molar-refractivity contribution in [1.82, 2.24) is 9.47 Å². The van der Waals surface area contributed by atoms with Gasteiger partial charge >= 0.3 is 0 Å². The molecule has 4 rings (SSSR count). The van der Waals surface area contributed by atoms with Gasteiger partial charge in [-0.05, 0) is 36.2 Å². The summed E-state index contributed by atoms with van der Waals surface area (Å²) in [5, 5.41) is 1.33. The molecule has 0 saturated carbocycles. The molecular formula is C17H19N3O. The second-order valence-corrected chi connectivity index (χ2v) is 6.26. The number of hydrogen-bond acceptors (Lipinski definition) is 2. The summed E-state index contributed by atoms with van der Waals surface area (Å²) in [7, 11) is 4.18. The number of carbonyl (C=O) groups excluding carboxylic acids is 1. The Labute approximate surface area is 123 Å². The molecule has 1 aromatic heterocycles. The van der Waals surface area contributed by atoms with E-state index < -0.39 is 0 Å². The first kappa shape index (κ1) is 12.7. The molecule has 21 heavy (non-hydrogen) atoms. The molecule has 108 valence electrons. The zero-order valence-electron chi connectivity index (χ0n) is 12.3. The molecule has 1 amide bonds. The van der Waals surface area contributed by atoms with Gasteiger partial charge in [0.05, 0.1) is 5.92 Å². The van der Waals surface area contributed by atoms with Gasteiger partial charge in [-0.15, -0.1) is 0 Å². The van der Waals surface area contributed by atoms with Crippen molar-refractivity contribution < 1.29 is 4.79 Å². The number of hydrogen-bond donors (Lipinski definition) is 1. The van der Waals surface area contributed by atoms with Crippen LogP contribution in [0.25, 0.3) is 16.5 Å². The van der Waals surface area contributed by atoms with Gasteiger partial charge in [0, 0.05) is 36.7 Å². The van der Waals surface area contributed by atoms with Crippen LogP contribution in [-0.4, -0.2) is 35.0 Å². The van der Waals surface area contributed by atoms with E-state index in [1.807, 2.05) is 0 Å². The Hall–Kier alpha value is -2.07. The van der Waals surface area contributed by atoms with E-state index >= 15 is 0 Å². The minimum atomic E-state index is -0.237. The molecule has 2 heterocycles. The van der Waals surface area contributed by atoms with E-state index in [2.05, 4.69) is 54.0 Å². The maximum Gasteiger partial charge on any atom is 0.225 e. The Morgan fingerprint density at radius 1 is 1.33 bits per heavy atom. The third kappa shape index (κ3) is 1.69. The monoisotopic (exact) mass is 281 g/mol. The number of fused-ring (bicyclic) bond motifs is 2. The molecule has 0 bridgehead atoms. The molecule has 2 aliphatic rings. The van der Waals surface area contributed by atoms with E-state index in [1.165, 1.54) is 27.6 Å². The molecule has 2 aromatic rings. The van der Waals surface area contributed by atoms with Crippen LogP contribution in [-0.2, 0) is 18.3 Å². The van der Waals surface area contributed by atoms with Gasteiger partial charge in [-0.1, -0.05) is 18.2 Å². The molecule has 0 fully saturated rings. The van der Waals surface area contributed by atoms with Crippen molar-refractivity contribution in [2.45, 2.75) is 12.5 Å². The lowest BCUT2D eigenvalue weighted by Crippen LogP contribution is -2.45. The summed E-state index contributed by atoms with van der Waals surface area (Å²) < 4.78 is 2.19. The average Bonchev–Trinajstić information content (AvgIpc) is 2.78. The summed E-state index contributed by atoms with van der Waals surface area (Å²) in [4.78, 5) is 13.9. The first-order valence-corrected chi connectivity index (χ1v) is 7.35. The van der Waals surface area contributed by atoms with Gasteiger partial charge in [-0.3, -0.25) is 9.69 Å². The van der Waals surface area contributed by atoms with Crippen LogP contribution in [0.15, 0.2) is 30.5 Å². The van der Waals surface area contributed by atoms with Crippen LogP contribution in [0.3, 0.4) is 0 Å². The normalized spacial score (nSPS) is 24.8. The zero-order chi connectivity index (χ0) is 14.7. The summed E-state index contributed by atoms with van der Waals surface area (Å²) in [5.74, 6) is -0.430. The van der Waals surface area contributed by atoms with Crippen molar-refractivity contribution in [3.63, 3.8) is 0 Å². The lowest BCUT2D eigenvalue weighted by atomic mass is 9.80. The molecule has 2 N–H and O–H groups in total. The number of rotatable bonds is 1. The fraction of sp³-hybridized carbons (Fsp3) is 0.353. The van der Waals surface area contributed by atoms with Gasteiger partial charge in [-0.25, -0.2) is 0 Å². The van der Waals surface area contributed by atoms with Gasteiger partial charge in [0.15, 0.2) is 0 Å². The Balaban J connectivity index is 1.98. The molecule has 1 aliphatic heterocycles. The van der Waals surface area contributed by atoms with Crippen molar-refractivity contribution in [2.75, 3.05) is 13.6 Å². The van der Waals surface area contributed by atoms with E-state index in [0.29, 0.717) is 12.6 Å². The van der Waals surface area contributed by atoms with E-state index in [9.17, 15) is 4.79 Å². The van der Waals surface area contributed by atoms with Gasteiger partial charge in [0.25, 0.3) is 0 Å². The Kier molecular flexibility index (Phi) is 2.54. The molecule has 0 radical (unpaired) electrons. The highest BCUT2D eigenvalue weighted by Crippen LogP contribution is 2.41. The average molecular weight is 281 g/mol. The van der Waals surface area contributed by atoms with E-state index in [-0.39, 0.29) is 11.8 Å². The zero-order valence-corrected chi connectivity index (χ0v) is 12.3. The van der Waals surface area contributed by atoms with Crippen LogP contribution in [0.5, 0.6) is 0 Å². The Morgan fingerprint density at radius 2 is 2.14 bits per heavy atom. The summed E-state index contributed by atoms with van der Waals surface area (Å²) in [6.07, 6.45) is 5.33. The molecule has 1 aliphatic carbocycles. The number of aryl methyl sites for hydroxylation is 1. The van der Waals surface area contributed by atoms with Crippen LogP contribution in [0, 0.1) is 5.92 Å². The smallest absolute Gasteiger partial charge is 0.225 e. The summed E-state index contributed by atoms with van der Waals surface area (Å²) in [6.45, 7) is 0.710. The largest absolute Gasteiger partial charge is 0.369 e. The SMILES string of the molecule is CN1C[C@H](C(N)=O)C=C2c3cccc4c3c(cn4C)C[C@H]21. The predicted molar refractivity (Wildman–Crippen MR) is 83.7 cm³/mol. The molecule has 0 saturated heterocycles. The Bertz CT molecular complexity index is 787. The molecule has 2 atom stereocenters. The fourth-order valence-corrected chi connectivity index (χ4v) is 3.91. The summed E-state index contributed by atoms with van der Waals surface area (Å²) in [6, 6.07) is 6.77. The molecule has 0 spiro atoms. The summed E-state index contributed by atoms with van der Waals surface area (Å²) >= 11 is 0. The number of amides is 1. The Morgan fingerprint density at radius 3 is 2.90 bits per heavy atom. The van der Waals surface area contributed by atoms with Crippen molar-refractivity contribution >= 4 is 22.4 Å². The number of carbonyl (C=O) groups is 1. The van der Waals surface area contributed by atoms with Crippen molar-refractivity contribution in [2.24, 2.45) is 18.7 Å². The molecule has 4 heteroatoms. The predicted octanol–water partition coefficient (Wildman–Crippen LogP) is 1.53. The van der Waals surface area contributed by atoms with Gasteiger partial charge < -0.3 is 10.3 Å². The maximum absolute atomic E-state index is 11.6. The number of primary amides is 1. The molecule has 4 nitrogen and oxygen atoms in total. The first-order valence-electron chi connectivity index (χ1n) is 7.35. The second kappa shape index (κ2) is 4.21. The fourth-order valence-electron chi connectivity index (χ4n) is 3.91. The molecule has 1 aromatic carbocycles. The summed E-state index contributed by atoms with van der Waals surface area (Å²) in [5.41, 5.74) is 10.7. The van der Waals surface area contributed by atoms with E-state index in [1.54, 1.807) is 0 Å².